The zero-order valence-electron chi connectivity index (χ0n) is 15.6. The van der Waals surface area contributed by atoms with E-state index in [9.17, 15) is 4.79 Å². The number of nitrogens with zero attached hydrogens (tertiary/aromatic N) is 5. The molecule has 0 radical (unpaired) electrons. The number of amides is 1. The molecule has 2 aromatic heterocycles. The molecule has 0 saturated carbocycles. The van der Waals surface area contributed by atoms with Gasteiger partial charge in [0.05, 0.1) is 24.7 Å². The van der Waals surface area contributed by atoms with E-state index < -0.39 is 0 Å². The number of benzene rings is 1. The van der Waals surface area contributed by atoms with Crippen molar-refractivity contribution in [1.29, 1.82) is 0 Å². The smallest absolute Gasteiger partial charge is 0.234 e. The largest absolute Gasteiger partial charge is 0.495 e. The van der Waals surface area contributed by atoms with Gasteiger partial charge in [-0.1, -0.05) is 23.9 Å². The van der Waals surface area contributed by atoms with E-state index in [-0.39, 0.29) is 11.7 Å². The molecule has 0 atom stereocenters. The quantitative estimate of drug-likeness (QED) is 0.462. The average molecular weight is 396 g/mol. The molecule has 0 saturated heterocycles. The average Bonchev–Trinajstić information content (AvgIpc) is 3.10. The summed E-state index contributed by atoms with van der Waals surface area (Å²) in [6, 6.07) is 5.62. The first kappa shape index (κ1) is 19.6. The second-order valence-corrected chi connectivity index (χ2v) is 6.78. The Balaban J connectivity index is 1.72. The molecular formula is C19H20N6O2S. The predicted octanol–water partition coefficient (Wildman–Crippen LogP) is 2.97. The van der Waals surface area contributed by atoms with Gasteiger partial charge in [-0.25, -0.2) is 4.98 Å². The third-order valence-corrected chi connectivity index (χ3v) is 4.75. The highest BCUT2D eigenvalue weighted by Crippen LogP contribution is 2.26. The van der Waals surface area contributed by atoms with Crippen LogP contribution in [0.1, 0.15) is 5.56 Å². The van der Waals surface area contributed by atoms with E-state index in [0.717, 1.165) is 5.56 Å². The molecule has 1 amide bonds. The maximum Gasteiger partial charge on any atom is 0.234 e. The minimum atomic E-state index is -0.164. The van der Waals surface area contributed by atoms with Gasteiger partial charge >= 0.3 is 0 Å². The number of carbonyl (C=O) groups is 1. The molecule has 28 heavy (non-hydrogen) atoms. The fourth-order valence-electron chi connectivity index (χ4n) is 2.53. The summed E-state index contributed by atoms with van der Waals surface area (Å²) >= 11 is 1.29. The molecule has 0 unspecified atom stereocenters. The molecule has 3 rings (SSSR count). The van der Waals surface area contributed by atoms with Crippen LogP contribution in [0.5, 0.6) is 5.75 Å². The molecule has 0 aliphatic heterocycles. The first-order chi connectivity index (χ1) is 13.6. The highest BCUT2D eigenvalue weighted by Gasteiger charge is 2.16. The minimum Gasteiger partial charge on any atom is -0.495 e. The number of aryl methyl sites for hydroxylation is 1. The van der Waals surface area contributed by atoms with Crippen LogP contribution >= 0.6 is 11.8 Å². The van der Waals surface area contributed by atoms with Crippen molar-refractivity contribution in [3.8, 4) is 17.3 Å². The Morgan fingerprint density at radius 1 is 1.36 bits per heavy atom. The van der Waals surface area contributed by atoms with Gasteiger partial charge < -0.3 is 10.1 Å². The number of hydrogen-bond donors (Lipinski definition) is 1. The number of hydrogen-bond acceptors (Lipinski definition) is 7. The van der Waals surface area contributed by atoms with E-state index in [1.807, 2.05) is 29.7 Å². The van der Waals surface area contributed by atoms with E-state index in [1.54, 1.807) is 31.8 Å². The molecule has 9 heteroatoms. The molecule has 8 nitrogen and oxygen atoms in total. The van der Waals surface area contributed by atoms with Gasteiger partial charge in [0.25, 0.3) is 0 Å². The lowest BCUT2D eigenvalue weighted by Crippen LogP contribution is -2.15. The number of anilines is 1. The standard InChI is InChI=1S/C19H20N6O2S/c1-4-9-25-18(15-11-20-7-8-21-15)23-24-19(25)28-12-17(26)22-14-10-13(2)5-6-16(14)27-3/h4-8,10-11H,1,9,12H2,2-3H3,(H,22,26). The molecule has 0 aliphatic carbocycles. The molecule has 1 aromatic carbocycles. The Hall–Kier alpha value is -3.20. The van der Waals surface area contributed by atoms with Crippen LogP contribution in [0.15, 0.2) is 54.6 Å². The fourth-order valence-corrected chi connectivity index (χ4v) is 3.28. The maximum absolute atomic E-state index is 12.4. The molecule has 0 fully saturated rings. The summed E-state index contributed by atoms with van der Waals surface area (Å²) in [5.41, 5.74) is 2.28. The lowest BCUT2D eigenvalue weighted by molar-refractivity contribution is -0.113. The summed E-state index contributed by atoms with van der Waals surface area (Å²) in [4.78, 5) is 20.7. The van der Waals surface area contributed by atoms with Crippen molar-refractivity contribution in [2.45, 2.75) is 18.6 Å². The Morgan fingerprint density at radius 2 is 2.21 bits per heavy atom. The van der Waals surface area contributed by atoms with Gasteiger partial charge in [0.2, 0.25) is 5.91 Å². The first-order valence-corrected chi connectivity index (χ1v) is 9.48. The van der Waals surface area contributed by atoms with Crippen LogP contribution < -0.4 is 10.1 Å². The van der Waals surface area contributed by atoms with Crippen molar-refractivity contribution >= 4 is 23.4 Å². The number of methoxy groups -OCH3 is 1. The number of allylic oxidation sites excluding steroid dienone is 1. The molecule has 2 heterocycles. The minimum absolute atomic E-state index is 0.164. The van der Waals surface area contributed by atoms with Crippen molar-refractivity contribution in [2.75, 3.05) is 18.2 Å². The lowest BCUT2D eigenvalue weighted by atomic mass is 10.2. The van der Waals surface area contributed by atoms with E-state index in [1.165, 1.54) is 11.8 Å². The SMILES string of the molecule is C=CCn1c(SCC(=O)Nc2cc(C)ccc2OC)nnc1-c1cnccn1. The molecule has 0 spiro atoms. The van der Waals surface area contributed by atoms with Crippen LogP contribution in [0.3, 0.4) is 0 Å². The van der Waals surface area contributed by atoms with Crippen LogP contribution in [0.4, 0.5) is 5.69 Å². The summed E-state index contributed by atoms with van der Waals surface area (Å²) in [6.45, 7) is 6.22. The van der Waals surface area contributed by atoms with Crippen molar-refractivity contribution in [1.82, 2.24) is 24.7 Å². The Morgan fingerprint density at radius 3 is 2.93 bits per heavy atom. The summed E-state index contributed by atoms with van der Waals surface area (Å²) in [7, 11) is 1.57. The summed E-state index contributed by atoms with van der Waals surface area (Å²) in [5.74, 6) is 1.20. The molecule has 0 bridgehead atoms. The fraction of sp³-hybridized carbons (Fsp3) is 0.211. The highest BCUT2D eigenvalue weighted by atomic mass is 32.2. The van der Waals surface area contributed by atoms with Crippen LogP contribution in [0, 0.1) is 6.92 Å². The Kier molecular flexibility index (Phi) is 6.38. The van der Waals surface area contributed by atoms with Gasteiger partial charge in [-0.3, -0.25) is 14.3 Å². The molecule has 3 aromatic rings. The van der Waals surface area contributed by atoms with Crippen molar-refractivity contribution in [3.05, 3.63) is 55.0 Å². The topological polar surface area (TPSA) is 94.8 Å². The number of carbonyl (C=O) groups excluding carboxylic acids is 1. The van der Waals surface area contributed by atoms with Crippen LogP contribution in [0.2, 0.25) is 0 Å². The van der Waals surface area contributed by atoms with Gasteiger partial charge in [0.1, 0.15) is 11.4 Å². The molecular weight excluding hydrogens is 376 g/mol. The van der Waals surface area contributed by atoms with E-state index in [0.29, 0.717) is 34.7 Å². The maximum atomic E-state index is 12.4. The summed E-state index contributed by atoms with van der Waals surface area (Å²) in [6.07, 6.45) is 6.55. The number of rotatable bonds is 8. The summed E-state index contributed by atoms with van der Waals surface area (Å²) in [5, 5.41) is 11.9. The van der Waals surface area contributed by atoms with Crippen molar-refractivity contribution in [2.24, 2.45) is 0 Å². The number of ether oxygens (including phenoxy) is 1. The van der Waals surface area contributed by atoms with Crippen molar-refractivity contribution < 1.29 is 9.53 Å². The third kappa shape index (κ3) is 4.55. The van der Waals surface area contributed by atoms with Gasteiger partial charge in [-0.2, -0.15) is 0 Å². The molecule has 1 N–H and O–H groups in total. The van der Waals surface area contributed by atoms with Crippen LogP contribution in [-0.2, 0) is 11.3 Å². The van der Waals surface area contributed by atoms with Gasteiger partial charge in [-0.15, -0.1) is 16.8 Å². The number of thioether (sulfide) groups is 1. The van der Waals surface area contributed by atoms with Gasteiger partial charge in [-0.05, 0) is 24.6 Å². The van der Waals surface area contributed by atoms with E-state index in [4.69, 9.17) is 4.74 Å². The highest BCUT2D eigenvalue weighted by molar-refractivity contribution is 7.99. The second-order valence-electron chi connectivity index (χ2n) is 5.84. The normalized spacial score (nSPS) is 10.5. The van der Waals surface area contributed by atoms with Crippen LogP contribution in [-0.4, -0.2) is 43.5 Å². The van der Waals surface area contributed by atoms with E-state index >= 15 is 0 Å². The number of nitrogens with one attached hydrogen (secondary N) is 1. The van der Waals surface area contributed by atoms with Crippen LogP contribution in [0.25, 0.3) is 11.5 Å². The van der Waals surface area contributed by atoms with Crippen molar-refractivity contribution in [3.63, 3.8) is 0 Å². The lowest BCUT2D eigenvalue weighted by Gasteiger charge is -2.11. The first-order valence-electron chi connectivity index (χ1n) is 8.50. The third-order valence-electron chi connectivity index (χ3n) is 3.78. The monoisotopic (exact) mass is 396 g/mol. The Bertz CT molecular complexity index is 974. The number of aromatic nitrogens is 5. The van der Waals surface area contributed by atoms with Gasteiger partial charge in [0, 0.05) is 18.9 Å². The molecule has 0 aliphatic rings. The Labute approximate surface area is 167 Å². The predicted molar refractivity (Wildman–Crippen MR) is 108 cm³/mol. The van der Waals surface area contributed by atoms with E-state index in [2.05, 4.69) is 32.1 Å². The summed E-state index contributed by atoms with van der Waals surface area (Å²) < 4.78 is 7.14. The molecule has 144 valence electrons. The zero-order valence-corrected chi connectivity index (χ0v) is 16.4. The zero-order chi connectivity index (χ0) is 19.9. The second kappa shape index (κ2) is 9.14. The van der Waals surface area contributed by atoms with Gasteiger partial charge in [0.15, 0.2) is 11.0 Å².